The zero-order valence-corrected chi connectivity index (χ0v) is 22.3. The van der Waals surface area contributed by atoms with Gasteiger partial charge in [-0.1, -0.05) is 17.8 Å². The number of thioether (sulfide) groups is 1. The quantitative estimate of drug-likeness (QED) is 0.434. The maximum Gasteiger partial charge on any atom is 0.231 e. The van der Waals surface area contributed by atoms with Crippen LogP contribution in [0.5, 0.6) is 23.0 Å². The zero-order chi connectivity index (χ0) is 26.6. The van der Waals surface area contributed by atoms with Crippen molar-refractivity contribution in [3.63, 3.8) is 0 Å². The van der Waals surface area contributed by atoms with Crippen molar-refractivity contribution in [2.75, 3.05) is 40.4 Å². The van der Waals surface area contributed by atoms with Crippen molar-refractivity contribution < 1.29 is 23.7 Å². The molecule has 2 aromatic carbocycles. The van der Waals surface area contributed by atoms with Gasteiger partial charge in [0.1, 0.15) is 22.6 Å². The molecule has 3 aromatic rings. The summed E-state index contributed by atoms with van der Waals surface area (Å²) in [4.78, 5) is 19.8. The van der Waals surface area contributed by atoms with Crippen LogP contribution in [0.15, 0.2) is 41.4 Å². The Morgan fingerprint density at radius 2 is 2.03 bits per heavy atom. The number of nitrogens with zero attached hydrogens (tertiary/aromatic N) is 3. The van der Waals surface area contributed by atoms with E-state index in [2.05, 4.69) is 23.3 Å². The molecule has 0 saturated carbocycles. The smallest absolute Gasteiger partial charge is 0.231 e. The van der Waals surface area contributed by atoms with Gasteiger partial charge in [-0.05, 0) is 48.5 Å². The lowest BCUT2D eigenvalue weighted by molar-refractivity contribution is -0.118. The fourth-order valence-electron chi connectivity index (χ4n) is 4.62. The first-order valence-electron chi connectivity index (χ1n) is 12.2. The van der Waals surface area contributed by atoms with E-state index in [1.165, 1.54) is 11.8 Å². The SMILES string of the molecule is COc1ccc(OC)c(-c2c(C#N)c(SCC(=O)NCc3ccc4c(c3)OCO4)nc3c2CN(C)CC3)c1. The predicted molar refractivity (Wildman–Crippen MR) is 143 cm³/mol. The second kappa shape index (κ2) is 11.2. The number of likely N-dealkylation sites (N-methyl/N-ethyl adjacent to an activating group) is 1. The first kappa shape index (κ1) is 25.7. The number of carbonyl (C=O) groups excluding carboxylic acids is 1. The van der Waals surface area contributed by atoms with Crippen molar-refractivity contribution in [3.05, 3.63) is 58.8 Å². The van der Waals surface area contributed by atoms with Gasteiger partial charge in [0.15, 0.2) is 11.5 Å². The standard InChI is InChI=1S/C28H28N4O5S/c1-32-9-8-22-21(14-32)27(19-11-18(34-2)5-7-23(19)35-3)20(12-29)28(31-22)38-15-26(33)30-13-17-4-6-24-25(10-17)37-16-36-24/h4-7,10-11H,8-9,13-16H2,1-3H3,(H,30,33). The van der Waals surface area contributed by atoms with Crippen molar-refractivity contribution in [1.82, 2.24) is 15.2 Å². The van der Waals surface area contributed by atoms with E-state index in [0.717, 1.165) is 40.9 Å². The number of carbonyl (C=O) groups is 1. The minimum atomic E-state index is -0.156. The number of fused-ring (bicyclic) bond motifs is 2. The van der Waals surface area contributed by atoms with Gasteiger partial charge in [0, 0.05) is 42.9 Å². The molecule has 0 atom stereocenters. The highest BCUT2D eigenvalue weighted by Crippen LogP contribution is 2.42. The number of hydrogen-bond donors (Lipinski definition) is 1. The number of benzene rings is 2. The fraction of sp³-hybridized carbons (Fsp3) is 0.321. The summed E-state index contributed by atoms with van der Waals surface area (Å²) in [5.41, 5.74) is 4.83. The van der Waals surface area contributed by atoms with E-state index in [9.17, 15) is 10.1 Å². The summed E-state index contributed by atoms with van der Waals surface area (Å²) in [5, 5.41) is 13.8. The molecule has 10 heteroatoms. The van der Waals surface area contributed by atoms with Crippen molar-refractivity contribution in [2.45, 2.75) is 24.5 Å². The second-order valence-electron chi connectivity index (χ2n) is 9.01. The highest BCUT2D eigenvalue weighted by Gasteiger charge is 2.27. The van der Waals surface area contributed by atoms with Gasteiger partial charge in [-0.2, -0.15) is 5.26 Å². The molecule has 0 fully saturated rings. The van der Waals surface area contributed by atoms with Gasteiger partial charge < -0.3 is 29.2 Å². The third kappa shape index (κ3) is 5.21. The molecule has 0 saturated heterocycles. The van der Waals surface area contributed by atoms with Gasteiger partial charge in [0.25, 0.3) is 0 Å². The fourth-order valence-corrected chi connectivity index (χ4v) is 5.46. The van der Waals surface area contributed by atoms with Gasteiger partial charge in [-0.15, -0.1) is 0 Å². The molecule has 0 unspecified atom stereocenters. The Bertz CT molecular complexity index is 1420. The summed E-state index contributed by atoms with van der Waals surface area (Å²) in [6, 6.07) is 13.5. The van der Waals surface area contributed by atoms with Gasteiger partial charge >= 0.3 is 0 Å². The van der Waals surface area contributed by atoms with Gasteiger partial charge in [-0.3, -0.25) is 4.79 Å². The Labute approximate surface area is 225 Å². The van der Waals surface area contributed by atoms with Crippen LogP contribution in [0.25, 0.3) is 11.1 Å². The van der Waals surface area contributed by atoms with Crippen molar-refractivity contribution >= 4 is 17.7 Å². The molecule has 1 amide bonds. The number of nitrogens with one attached hydrogen (secondary N) is 1. The van der Waals surface area contributed by atoms with Crippen LogP contribution in [0.3, 0.4) is 0 Å². The van der Waals surface area contributed by atoms with Crippen LogP contribution < -0.4 is 24.3 Å². The van der Waals surface area contributed by atoms with E-state index in [0.29, 0.717) is 46.7 Å². The summed E-state index contributed by atoms with van der Waals surface area (Å²) in [6.07, 6.45) is 0.751. The maximum atomic E-state index is 12.8. The average Bonchev–Trinajstić information content (AvgIpc) is 3.42. The number of hydrogen-bond acceptors (Lipinski definition) is 9. The minimum absolute atomic E-state index is 0.125. The van der Waals surface area contributed by atoms with Crippen LogP contribution in [0.1, 0.15) is 22.4 Å². The van der Waals surface area contributed by atoms with Crippen LogP contribution in [0.2, 0.25) is 0 Å². The Balaban J connectivity index is 1.42. The molecule has 1 aromatic heterocycles. The van der Waals surface area contributed by atoms with E-state index in [1.807, 2.05) is 36.4 Å². The molecule has 9 nitrogen and oxygen atoms in total. The molecule has 0 spiro atoms. The Kier molecular flexibility index (Phi) is 7.58. The molecule has 38 heavy (non-hydrogen) atoms. The predicted octanol–water partition coefficient (Wildman–Crippen LogP) is 3.76. The number of methoxy groups -OCH3 is 2. The van der Waals surface area contributed by atoms with Crippen LogP contribution in [-0.2, 0) is 24.3 Å². The zero-order valence-electron chi connectivity index (χ0n) is 21.5. The third-order valence-corrected chi connectivity index (χ3v) is 7.54. The summed E-state index contributed by atoms with van der Waals surface area (Å²) in [5.74, 6) is 2.65. The summed E-state index contributed by atoms with van der Waals surface area (Å²) < 4.78 is 21.9. The van der Waals surface area contributed by atoms with Crippen LogP contribution in [-0.4, -0.2) is 56.1 Å². The van der Waals surface area contributed by atoms with Gasteiger partial charge in [-0.25, -0.2) is 4.98 Å². The number of rotatable bonds is 8. The highest BCUT2D eigenvalue weighted by atomic mass is 32.2. The Hall–Kier alpha value is -3.94. The molecular formula is C28H28N4O5S. The lowest BCUT2D eigenvalue weighted by atomic mass is 9.91. The van der Waals surface area contributed by atoms with Crippen LogP contribution >= 0.6 is 11.8 Å². The Morgan fingerprint density at radius 3 is 2.82 bits per heavy atom. The molecule has 3 heterocycles. The van der Waals surface area contributed by atoms with Crippen LogP contribution in [0, 0.1) is 11.3 Å². The molecule has 2 aliphatic rings. The minimum Gasteiger partial charge on any atom is -0.497 e. The van der Waals surface area contributed by atoms with Crippen molar-refractivity contribution in [1.29, 1.82) is 5.26 Å². The number of pyridine rings is 1. The molecule has 2 aliphatic heterocycles. The first-order chi connectivity index (χ1) is 18.5. The van der Waals surface area contributed by atoms with E-state index in [4.69, 9.17) is 23.9 Å². The summed E-state index contributed by atoms with van der Waals surface area (Å²) in [6.45, 7) is 2.09. The number of ether oxygens (including phenoxy) is 4. The lowest BCUT2D eigenvalue weighted by Crippen LogP contribution is -2.28. The van der Waals surface area contributed by atoms with E-state index >= 15 is 0 Å². The van der Waals surface area contributed by atoms with Crippen molar-refractivity contribution in [3.8, 4) is 40.2 Å². The van der Waals surface area contributed by atoms with E-state index in [1.54, 1.807) is 14.2 Å². The number of amides is 1. The molecule has 0 aliphatic carbocycles. The van der Waals surface area contributed by atoms with E-state index < -0.39 is 0 Å². The molecular weight excluding hydrogens is 504 g/mol. The third-order valence-electron chi connectivity index (χ3n) is 6.56. The van der Waals surface area contributed by atoms with Gasteiger partial charge in [0.2, 0.25) is 12.7 Å². The number of nitriles is 1. The average molecular weight is 533 g/mol. The maximum absolute atomic E-state index is 12.8. The molecule has 0 bridgehead atoms. The second-order valence-corrected chi connectivity index (χ2v) is 9.98. The molecule has 1 N–H and O–H groups in total. The molecule has 5 rings (SSSR count). The van der Waals surface area contributed by atoms with E-state index in [-0.39, 0.29) is 18.5 Å². The highest BCUT2D eigenvalue weighted by molar-refractivity contribution is 8.00. The first-order valence-corrected chi connectivity index (χ1v) is 13.1. The molecule has 0 radical (unpaired) electrons. The topological polar surface area (TPSA) is 106 Å². The summed E-state index contributed by atoms with van der Waals surface area (Å²) >= 11 is 1.26. The Morgan fingerprint density at radius 1 is 1.18 bits per heavy atom. The summed E-state index contributed by atoms with van der Waals surface area (Å²) in [7, 11) is 5.27. The van der Waals surface area contributed by atoms with Crippen LogP contribution in [0.4, 0.5) is 0 Å². The van der Waals surface area contributed by atoms with Crippen molar-refractivity contribution in [2.24, 2.45) is 0 Å². The monoisotopic (exact) mass is 532 g/mol. The number of aromatic nitrogens is 1. The normalized spacial score (nSPS) is 13.9. The lowest BCUT2D eigenvalue weighted by Gasteiger charge is -2.28. The largest absolute Gasteiger partial charge is 0.497 e. The van der Waals surface area contributed by atoms with Gasteiger partial charge in [0.05, 0.1) is 25.5 Å². The molecule has 196 valence electrons.